The Labute approximate surface area is 143 Å². The van der Waals surface area contributed by atoms with Gasteiger partial charge in [0.15, 0.2) is 0 Å². The zero-order valence-corrected chi connectivity index (χ0v) is 14.5. The highest BCUT2D eigenvalue weighted by molar-refractivity contribution is 5.97. The predicted molar refractivity (Wildman–Crippen MR) is 95.2 cm³/mol. The topological polar surface area (TPSA) is 70.7 Å². The maximum absolute atomic E-state index is 12.2. The van der Waals surface area contributed by atoms with E-state index in [1.807, 2.05) is 38.1 Å². The third kappa shape index (κ3) is 4.96. The summed E-state index contributed by atoms with van der Waals surface area (Å²) in [5, 5.41) is 5.62. The minimum atomic E-state index is -0.213. The number of anilines is 2. The molecule has 1 aromatic carbocycles. The number of carbonyl (C=O) groups is 2. The van der Waals surface area contributed by atoms with Crippen LogP contribution in [0, 0.1) is 5.92 Å². The number of benzene rings is 1. The van der Waals surface area contributed by atoms with Gasteiger partial charge in [-0.2, -0.15) is 0 Å². The van der Waals surface area contributed by atoms with Gasteiger partial charge in [-0.05, 0) is 25.0 Å². The first-order valence-corrected chi connectivity index (χ1v) is 8.65. The number of para-hydroxylation sites is 2. The molecule has 0 spiro atoms. The highest BCUT2D eigenvalue weighted by atomic mass is 16.5. The lowest BCUT2D eigenvalue weighted by atomic mass is 10.0. The maximum atomic E-state index is 12.2. The molecule has 0 atom stereocenters. The third-order valence-electron chi connectivity index (χ3n) is 4.31. The van der Waals surface area contributed by atoms with Crippen molar-refractivity contribution in [1.82, 2.24) is 5.32 Å². The summed E-state index contributed by atoms with van der Waals surface area (Å²) in [6, 6.07) is 7.72. The van der Waals surface area contributed by atoms with Gasteiger partial charge in [-0.15, -0.1) is 0 Å². The summed E-state index contributed by atoms with van der Waals surface area (Å²) < 4.78 is 5.37. The molecular weight excluding hydrogens is 306 g/mol. The van der Waals surface area contributed by atoms with Crippen LogP contribution in [-0.4, -0.2) is 44.7 Å². The molecule has 0 bridgehead atoms. The molecule has 1 heterocycles. The van der Waals surface area contributed by atoms with E-state index in [1.165, 1.54) is 0 Å². The summed E-state index contributed by atoms with van der Waals surface area (Å²) >= 11 is 0. The van der Waals surface area contributed by atoms with E-state index in [9.17, 15) is 9.59 Å². The quantitative estimate of drug-likeness (QED) is 0.801. The number of nitrogens with one attached hydrogen (secondary N) is 2. The van der Waals surface area contributed by atoms with Gasteiger partial charge in [0.1, 0.15) is 0 Å². The molecule has 6 heteroatoms. The number of nitrogens with zero attached hydrogens (tertiary/aromatic N) is 1. The summed E-state index contributed by atoms with van der Waals surface area (Å²) in [6.07, 6.45) is 1.56. The SMILES string of the molecule is CCC(CC)C(=O)NCC(=O)Nc1ccccc1N1CCOCC1. The molecule has 1 aliphatic heterocycles. The van der Waals surface area contributed by atoms with Crippen LogP contribution in [-0.2, 0) is 14.3 Å². The monoisotopic (exact) mass is 333 g/mol. The molecule has 1 fully saturated rings. The molecule has 0 aliphatic carbocycles. The van der Waals surface area contributed by atoms with Gasteiger partial charge in [-0.1, -0.05) is 26.0 Å². The molecule has 2 amide bonds. The van der Waals surface area contributed by atoms with Crippen LogP contribution in [0.3, 0.4) is 0 Å². The van der Waals surface area contributed by atoms with Gasteiger partial charge in [0.2, 0.25) is 11.8 Å². The summed E-state index contributed by atoms with van der Waals surface area (Å²) in [7, 11) is 0. The molecule has 0 saturated carbocycles. The van der Waals surface area contributed by atoms with Crippen LogP contribution in [0.1, 0.15) is 26.7 Å². The minimum Gasteiger partial charge on any atom is -0.378 e. The van der Waals surface area contributed by atoms with Crippen molar-refractivity contribution in [2.24, 2.45) is 5.92 Å². The summed E-state index contributed by atoms with van der Waals surface area (Å²) in [5.74, 6) is -0.301. The van der Waals surface area contributed by atoms with Crippen molar-refractivity contribution in [3.8, 4) is 0 Å². The number of hydrogen-bond donors (Lipinski definition) is 2. The van der Waals surface area contributed by atoms with E-state index in [0.29, 0.717) is 13.2 Å². The van der Waals surface area contributed by atoms with Crippen LogP contribution < -0.4 is 15.5 Å². The van der Waals surface area contributed by atoms with E-state index in [-0.39, 0.29) is 24.3 Å². The van der Waals surface area contributed by atoms with Crippen molar-refractivity contribution in [1.29, 1.82) is 0 Å². The lowest BCUT2D eigenvalue weighted by Gasteiger charge is -2.30. The molecule has 2 rings (SSSR count). The van der Waals surface area contributed by atoms with Crippen LogP contribution in [0.25, 0.3) is 0 Å². The van der Waals surface area contributed by atoms with Crippen LogP contribution in [0.2, 0.25) is 0 Å². The molecule has 132 valence electrons. The fourth-order valence-electron chi connectivity index (χ4n) is 2.82. The molecule has 1 saturated heterocycles. The second kappa shape index (κ2) is 9.27. The van der Waals surface area contributed by atoms with E-state index in [2.05, 4.69) is 15.5 Å². The van der Waals surface area contributed by atoms with Crippen molar-refractivity contribution in [2.75, 3.05) is 43.1 Å². The van der Waals surface area contributed by atoms with Crippen LogP contribution in [0.5, 0.6) is 0 Å². The third-order valence-corrected chi connectivity index (χ3v) is 4.31. The Kier molecular flexibility index (Phi) is 7.06. The Morgan fingerprint density at radius 3 is 2.50 bits per heavy atom. The van der Waals surface area contributed by atoms with Gasteiger partial charge in [0.05, 0.1) is 31.1 Å². The van der Waals surface area contributed by atoms with Gasteiger partial charge in [-0.25, -0.2) is 0 Å². The zero-order chi connectivity index (χ0) is 17.4. The van der Waals surface area contributed by atoms with Crippen molar-refractivity contribution in [2.45, 2.75) is 26.7 Å². The molecule has 2 N–H and O–H groups in total. The Balaban J connectivity index is 1.93. The van der Waals surface area contributed by atoms with E-state index >= 15 is 0 Å². The number of rotatable bonds is 7. The van der Waals surface area contributed by atoms with Crippen molar-refractivity contribution in [3.05, 3.63) is 24.3 Å². The highest BCUT2D eigenvalue weighted by Crippen LogP contribution is 2.26. The highest BCUT2D eigenvalue weighted by Gasteiger charge is 2.17. The first-order chi connectivity index (χ1) is 11.7. The van der Waals surface area contributed by atoms with Gasteiger partial charge >= 0.3 is 0 Å². The van der Waals surface area contributed by atoms with Gasteiger partial charge in [0, 0.05) is 19.0 Å². The van der Waals surface area contributed by atoms with Crippen LogP contribution in [0.15, 0.2) is 24.3 Å². The van der Waals surface area contributed by atoms with Crippen LogP contribution in [0.4, 0.5) is 11.4 Å². The molecule has 0 aromatic heterocycles. The molecule has 1 aliphatic rings. The number of ether oxygens (including phenoxy) is 1. The summed E-state index contributed by atoms with van der Waals surface area (Å²) in [5.41, 5.74) is 1.75. The van der Waals surface area contributed by atoms with Gasteiger partial charge in [-0.3, -0.25) is 9.59 Å². The Morgan fingerprint density at radius 2 is 1.83 bits per heavy atom. The Hall–Kier alpha value is -2.08. The molecule has 1 aromatic rings. The average Bonchev–Trinajstić information content (AvgIpc) is 2.62. The average molecular weight is 333 g/mol. The molecule has 0 unspecified atom stereocenters. The number of carbonyl (C=O) groups excluding carboxylic acids is 2. The van der Waals surface area contributed by atoms with E-state index in [0.717, 1.165) is 37.3 Å². The smallest absolute Gasteiger partial charge is 0.243 e. The first-order valence-electron chi connectivity index (χ1n) is 8.65. The second-order valence-corrected chi connectivity index (χ2v) is 5.90. The lowest BCUT2D eigenvalue weighted by molar-refractivity contribution is -0.127. The Morgan fingerprint density at radius 1 is 1.17 bits per heavy atom. The van der Waals surface area contributed by atoms with Crippen LogP contribution >= 0.6 is 0 Å². The number of amides is 2. The van der Waals surface area contributed by atoms with Crippen molar-refractivity contribution >= 4 is 23.2 Å². The molecule has 6 nitrogen and oxygen atoms in total. The number of morpholine rings is 1. The first kappa shape index (κ1) is 18.3. The van der Waals surface area contributed by atoms with E-state index in [4.69, 9.17) is 4.74 Å². The largest absolute Gasteiger partial charge is 0.378 e. The normalized spacial score (nSPS) is 14.5. The molecule has 24 heavy (non-hydrogen) atoms. The standard InChI is InChI=1S/C18H27N3O3/c1-3-14(4-2)18(23)19-13-17(22)20-15-7-5-6-8-16(15)21-9-11-24-12-10-21/h5-8,14H,3-4,9-13H2,1-2H3,(H,19,23)(H,20,22). The lowest BCUT2D eigenvalue weighted by Crippen LogP contribution is -2.38. The van der Waals surface area contributed by atoms with E-state index in [1.54, 1.807) is 0 Å². The van der Waals surface area contributed by atoms with E-state index < -0.39 is 0 Å². The molecular formula is C18H27N3O3. The fourth-order valence-corrected chi connectivity index (χ4v) is 2.82. The summed E-state index contributed by atoms with van der Waals surface area (Å²) in [4.78, 5) is 26.3. The van der Waals surface area contributed by atoms with Crippen molar-refractivity contribution in [3.63, 3.8) is 0 Å². The molecule has 0 radical (unpaired) electrons. The number of hydrogen-bond acceptors (Lipinski definition) is 4. The van der Waals surface area contributed by atoms with Gasteiger partial charge in [0.25, 0.3) is 0 Å². The maximum Gasteiger partial charge on any atom is 0.243 e. The Bertz CT molecular complexity index is 552. The zero-order valence-electron chi connectivity index (χ0n) is 14.5. The van der Waals surface area contributed by atoms with Gasteiger partial charge < -0.3 is 20.3 Å². The predicted octanol–water partition coefficient (Wildman–Crippen LogP) is 2.01. The van der Waals surface area contributed by atoms with Crippen molar-refractivity contribution < 1.29 is 14.3 Å². The summed E-state index contributed by atoms with van der Waals surface area (Å²) in [6.45, 7) is 6.93. The fraction of sp³-hybridized carbons (Fsp3) is 0.556. The second-order valence-electron chi connectivity index (χ2n) is 5.90. The minimum absolute atomic E-state index is 0.00716.